The van der Waals surface area contributed by atoms with Gasteiger partial charge in [-0.05, 0) is 31.1 Å². The zero-order chi connectivity index (χ0) is 12.0. The molecule has 1 atom stereocenters. The molecule has 0 aliphatic carbocycles. The average Bonchev–Trinajstić information content (AvgIpc) is 2.41. The summed E-state index contributed by atoms with van der Waals surface area (Å²) in [6.45, 7) is 1.27. The van der Waals surface area contributed by atoms with Gasteiger partial charge < -0.3 is 5.11 Å². The maximum atomic E-state index is 12.0. The Balaban J connectivity index is 2.31. The number of hydrogen-bond acceptors (Lipinski definition) is 3. The molecule has 0 spiro atoms. The molecule has 1 unspecified atom stereocenters. The molecule has 1 rings (SSSR count). The molecule has 1 fully saturated rings. The summed E-state index contributed by atoms with van der Waals surface area (Å²) >= 11 is 0.0232. The average molecular weight is 257 g/mol. The van der Waals surface area contributed by atoms with Gasteiger partial charge in [0.05, 0.1) is 6.61 Å². The van der Waals surface area contributed by atoms with Gasteiger partial charge in [0.2, 0.25) is 0 Å². The van der Waals surface area contributed by atoms with Crippen LogP contribution >= 0.6 is 11.8 Å². The van der Waals surface area contributed by atoms with Crippen LogP contribution in [0, 0.1) is 0 Å². The molecule has 0 aromatic heterocycles. The molecule has 1 aliphatic rings. The van der Waals surface area contributed by atoms with Gasteiger partial charge in [0.1, 0.15) is 0 Å². The Labute approximate surface area is 98.2 Å². The van der Waals surface area contributed by atoms with E-state index in [9.17, 15) is 18.3 Å². The molecule has 0 aromatic rings. The summed E-state index contributed by atoms with van der Waals surface area (Å²) in [5.74, 6) is 0.0556. The lowest BCUT2D eigenvalue weighted by molar-refractivity contribution is -0.0329. The molecule has 1 heterocycles. The van der Waals surface area contributed by atoms with Crippen molar-refractivity contribution in [1.29, 1.82) is 0 Å². The number of nitrogens with zero attached hydrogens (tertiary/aromatic N) is 1. The van der Waals surface area contributed by atoms with Crippen LogP contribution in [0.2, 0.25) is 0 Å². The summed E-state index contributed by atoms with van der Waals surface area (Å²) in [4.78, 5) is 1.99. The Morgan fingerprint density at radius 3 is 2.62 bits per heavy atom. The number of halogens is 3. The van der Waals surface area contributed by atoms with E-state index in [0.29, 0.717) is 6.54 Å². The molecule has 6 heteroatoms. The summed E-state index contributed by atoms with van der Waals surface area (Å²) in [7, 11) is 0. The molecular formula is C10H18F3NOS. The molecule has 0 aromatic carbocycles. The van der Waals surface area contributed by atoms with Crippen LogP contribution in [0.15, 0.2) is 0 Å². The van der Waals surface area contributed by atoms with E-state index >= 15 is 0 Å². The molecule has 0 saturated carbocycles. The van der Waals surface area contributed by atoms with Crippen molar-refractivity contribution in [3.8, 4) is 0 Å². The highest BCUT2D eigenvalue weighted by molar-refractivity contribution is 8.00. The van der Waals surface area contributed by atoms with Gasteiger partial charge in [-0.25, -0.2) is 0 Å². The lowest BCUT2D eigenvalue weighted by Crippen LogP contribution is -2.39. The van der Waals surface area contributed by atoms with E-state index < -0.39 is 5.51 Å². The quantitative estimate of drug-likeness (QED) is 0.837. The third kappa shape index (κ3) is 5.41. The second kappa shape index (κ2) is 6.71. The lowest BCUT2D eigenvalue weighted by atomic mass is 10.1. The molecular weight excluding hydrogens is 239 g/mol. The van der Waals surface area contributed by atoms with Gasteiger partial charge in [-0.1, -0.05) is 12.8 Å². The van der Waals surface area contributed by atoms with Crippen LogP contribution in [0.1, 0.15) is 25.7 Å². The molecule has 0 radical (unpaired) electrons. The Morgan fingerprint density at radius 2 is 2.00 bits per heavy atom. The van der Waals surface area contributed by atoms with Crippen molar-refractivity contribution in [3.05, 3.63) is 0 Å². The van der Waals surface area contributed by atoms with E-state index in [1.807, 2.05) is 4.90 Å². The summed E-state index contributed by atoms with van der Waals surface area (Å²) in [5.41, 5.74) is -4.14. The molecule has 2 nitrogen and oxygen atoms in total. The van der Waals surface area contributed by atoms with Gasteiger partial charge in [0.15, 0.2) is 0 Å². The van der Waals surface area contributed by atoms with Crippen LogP contribution in [-0.4, -0.2) is 47.0 Å². The predicted molar refractivity (Wildman–Crippen MR) is 59.4 cm³/mol. The zero-order valence-corrected chi connectivity index (χ0v) is 9.99. The highest BCUT2D eigenvalue weighted by atomic mass is 32.2. The minimum Gasteiger partial charge on any atom is -0.395 e. The fraction of sp³-hybridized carbons (Fsp3) is 1.00. The van der Waals surface area contributed by atoms with Crippen LogP contribution in [-0.2, 0) is 0 Å². The topological polar surface area (TPSA) is 23.5 Å². The standard InChI is InChI=1S/C10H18F3NOS/c11-10(12,13)16-7-6-14-5-3-1-2-4-9(14)8-15/h9,15H,1-8H2. The molecule has 1 aliphatic heterocycles. The Kier molecular flexibility index (Phi) is 5.92. The molecule has 1 saturated heterocycles. The maximum absolute atomic E-state index is 12.0. The summed E-state index contributed by atoms with van der Waals surface area (Å²) in [6.07, 6.45) is 4.09. The highest BCUT2D eigenvalue weighted by Crippen LogP contribution is 2.30. The third-order valence-corrected chi connectivity index (χ3v) is 3.57. The van der Waals surface area contributed by atoms with E-state index in [-0.39, 0.29) is 30.2 Å². The van der Waals surface area contributed by atoms with Gasteiger partial charge >= 0.3 is 5.51 Å². The zero-order valence-electron chi connectivity index (χ0n) is 9.17. The number of thioether (sulfide) groups is 1. The number of alkyl halides is 3. The van der Waals surface area contributed by atoms with Crippen LogP contribution in [0.3, 0.4) is 0 Å². The van der Waals surface area contributed by atoms with Crippen LogP contribution in [0.5, 0.6) is 0 Å². The van der Waals surface area contributed by atoms with Crippen molar-refractivity contribution < 1.29 is 18.3 Å². The third-order valence-electron chi connectivity index (χ3n) is 2.85. The predicted octanol–water partition coefficient (Wildman–Crippen LogP) is 2.48. The number of likely N-dealkylation sites (tertiary alicyclic amines) is 1. The first kappa shape index (κ1) is 14.1. The van der Waals surface area contributed by atoms with E-state index in [0.717, 1.165) is 32.2 Å². The van der Waals surface area contributed by atoms with E-state index in [1.54, 1.807) is 0 Å². The second-order valence-corrected chi connectivity index (χ2v) is 5.18. The normalized spacial score (nSPS) is 24.4. The van der Waals surface area contributed by atoms with Crippen molar-refractivity contribution >= 4 is 11.8 Å². The first-order valence-corrected chi connectivity index (χ1v) is 6.57. The van der Waals surface area contributed by atoms with Crippen molar-refractivity contribution in [3.63, 3.8) is 0 Å². The highest BCUT2D eigenvalue weighted by Gasteiger charge is 2.28. The summed E-state index contributed by atoms with van der Waals surface area (Å²) < 4.78 is 35.9. The first-order valence-electron chi connectivity index (χ1n) is 5.58. The Hall–Kier alpha value is 0.0600. The number of rotatable bonds is 4. The first-order chi connectivity index (χ1) is 7.53. The molecule has 0 amide bonds. The van der Waals surface area contributed by atoms with Crippen LogP contribution < -0.4 is 0 Å². The lowest BCUT2D eigenvalue weighted by Gasteiger charge is -2.28. The minimum atomic E-state index is -4.14. The molecule has 96 valence electrons. The fourth-order valence-electron chi connectivity index (χ4n) is 2.02. The van der Waals surface area contributed by atoms with Gasteiger partial charge in [0.25, 0.3) is 0 Å². The van der Waals surface area contributed by atoms with E-state index in [2.05, 4.69) is 0 Å². The minimum absolute atomic E-state index is 0.0232. The van der Waals surface area contributed by atoms with Crippen LogP contribution in [0.25, 0.3) is 0 Å². The maximum Gasteiger partial charge on any atom is 0.441 e. The summed E-state index contributed by atoms with van der Waals surface area (Å²) in [5, 5.41) is 9.17. The van der Waals surface area contributed by atoms with E-state index in [4.69, 9.17) is 0 Å². The second-order valence-electron chi connectivity index (χ2n) is 4.02. The van der Waals surface area contributed by atoms with Gasteiger partial charge in [-0.2, -0.15) is 13.2 Å². The Bertz CT molecular complexity index is 201. The molecule has 1 N–H and O–H groups in total. The number of aliphatic hydroxyl groups excluding tert-OH is 1. The van der Waals surface area contributed by atoms with Gasteiger partial charge in [-0.3, -0.25) is 4.90 Å². The van der Waals surface area contributed by atoms with Gasteiger partial charge in [0, 0.05) is 18.3 Å². The van der Waals surface area contributed by atoms with Crippen molar-refractivity contribution in [2.45, 2.75) is 37.2 Å². The Morgan fingerprint density at radius 1 is 1.25 bits per heavy atom. The fourth-order valence-corrected chi connectivity index (χ4v) is 2.57. The van der Waals surface area contributed by atoms with Crippen molar-refractivity contribution in [2.75, 3.05) is 25.4 Å². The van der Waals surface area contributed by atoms with Gasteiger partial charge in [-0.15, -0.1) is 0 Å². The molecule has 16 heavy (non-hydrogen) atoms. The van der Waals surface area contributed by atoms with E-state index in [1.165, 1.54) is 0 Å². The SMILES string of the molecule is OCC1CCCCCN1CCSC(F)(F)F. The number of hydrogen-bond donors (Lipinski definition) is 1. The largest absolute Gasteiger partial charge is 0.441 e. The number of aliphatic hydroxyl groups is 1. The van der Waals surface area contributed by atoms with Crippen molar-refractivity contribution in [1.82, 2.24) is 4.90 Å². The summed E-state index contributed by atoms with van der Waals surface area (Å²) in [6, 6.07) is 0.0522. The molecule has 0 bridgehead atoms. The van der Waals surface area contributed by atoms with Crippen LogP contribution in [0.4, 0.5) is 13.2 Å². The smallest absolute Gasteiger partial charge is 0.395 e. The van der Waals surface area contributed by atoms with Crippen molar-refractivity contribution in [2.24, 2.45) is 0 Å². The monoisotopic (exact) mass is 257 g/mol.